The van der Waals surface area contributed by atoms with Gasteiger partial charge in [-0.1, -0.05) is 13.8 Å². The molecule has 0 aliphatic carbocycles. The third-order valence-electron chi connectivity index (χ3n) is 5.88. The highest BCUT2D eigenvalue weighted by Gasteiger charge is 2.37. The summed E-state index contributed by atoms with van der Waals surface area (Å²) in [5.74, 6) is -1.83. The average Bonchev–Trinajstić information content (AvgIpc) is 3.19. The van der Waals surface area contributed by atoms with Gasteiger partial charge in [-0.2, -0.15) is 4.31 Å². The molecule has 0 N–H and O–H groups in total. The quantitative estimate of drug-likeness (QED) is 0.506. The van der Waals surface area contributed by atoms with Crippen molar-refractivity contribution in [2.75, 3.05) is 50.8 Å². The van der Waals surface area contributed by atoms with Gasteiger partial charge in [0.1, 0.15) is 0 Å². The van der Waals surface area contributed by atoms with Crippen LogP contribution < -0.4 is 4.90 Å². The van der Waals surface area contributed by atoms with Crippen LogP contribution in [0.2, 0.25) is 0 Å². The molecule has 2 amide bonds. The van der Waals surface area contributed by atoms with Crippen LogP contribution >= 0.6 is 0 Å². The zero-order valence-corrected chi connectivity index (χ0v) is 20.0. The second-order valence-electron chi connectivity index (χ2n) is 8.12. The van der Waals surface area contributed by atoms with Gasteiger partial charge in [0.2, 0.25) is 15.9 Å². The largest absolute Gasteiger partial charge is 0.455 e. The van der Waals surface area contributed by atoms with E-state index in [1.54, 1.807) is 30.9 Å². The molecule has 3 rings (SSSR count). The number of ether oxygens (including phenoxy) is 2. The molecule has 1 aromatic carbocycles. The number of hydrogen-bond donors (Lipinski definition) is 0. The maximum Gasteiger partial charge on any atom is 0.311 e. The smallest absolute Gasteiger partial charge is 0.311 e. The van der Waals surface area contributed by atoms with Gasteiger partial charge in [0.25, 0.3) is 5.91 Å². The molecule has 11 heteroatoms. The molecule has 2 heterocycles. The highest BCUT2D eigenvalue weighted by molar-refractivity contribution is 7.89. The molecule has 2 fully saturated rings. The van der Waals surface area contributed by atoms with Crippen LogP contribution in [0.3, 0.4) is 0 Å². The minimum absolute atomic E-state index is 0.0267. The fourth-order valence-corrected chi connectivity index (χ4v) is 5.47. The Hall–Kier alpha value is -2.50. The number of anilines is 1. The van der Waals surface area contributed by atoms with Gasteiger partial charge in [-0.15, -0.1) is 0 Å². The molecule has 2 aliphatic heterocycles. The first-order valence-corrected chi connectivity index (χ1v) is 12.6. The molecule has 1 aromatic rings. The molecule has 0 saturated carbocycles. The van der Waals surface area contributed by atoms with E-state index in [2.05, 4.69) is 0 Å². The summed E-state index contributed by atoms with van der Waals surface area (Å²) in [5, 5.41) is 0. The normalized spacial score (nSPS) is 21.5. The van der Waals surface area contributed by atoms with Crippen molar-refractivity contribution >= 4 is 33.5 Å². The van der Waals surface area contributed by atoms with Crippen molar-refractivity contribution < 1.29 is 32.3 Å². The molecule has 2 atom stereocenters. The summed E-state index contributed by atoms with van der Waals surface area (Å²) >= 11 is 0. The van der Waals surface area contributed by atoms with Crippen molar-refractivity contribution in [1.82, 2.24) is 9.21 Å². The van der Waals surface area contributed by atoms with Crippen molar-refractivity contribution in [2.24, 2.45) is 5.92 Å². The Morgan fingerprint density at radius 3 is 2.42 bits per heavy atom. The first-order chi connectivity index (χ1) is 15.7. The first-order valence-electron chi connectivity index (χ1n) is 11.1. The number of hydrogen-bond acceptors (Lipinski definition) is 7. The molecule has 10 nitrogen and oxygen atoms in total. The fourth-order valence-electron chi connectivity index (χ4n) is 4.01. The molecular weight excluding hydrogens is 450 g/mol. The van der Waals surface area contributed by atoms with Gasteiger partial charge in [0.05, 0.1) is 23.5 Å². The number of carbonyl (C=O) groups excluding carboxylic acids is 3. The van der Waals surface area contributed by atoms with E-state index in [-0.39, 0.29) is 42.4 Å². The lowest BCUT2D eigenvalue weighted by Crippen LogP contribution is -2.46. The number of sulfonamides is 1. The number of esters is 1. The Kier molecular flexibility index (Phi) is 8.09. The third kappa shape index (κ3) is 5.71. The van der Waals surface area contributed by atoms with Gasteiger partial charge >= 0.3 is 5.97 Å². The summed E-state index contributed by atoms with van der Waals surface area (Å²) in [6.07, 6.45) is -0.0889. The Balaban J connectivity index is 1.58. The van der Waals surface area contributed by atoms with E-state index in [1.165, 1.54) is 21.3 Å². The van der Waals surface area contributed by atoms with E-state index >= 15 is 0 Å². The number of carbonyl (C=O) groups is 3. The van der Waals surface area contributed by atoms with Crippen LogP contribution in [0.25, 0.3) is 0 Å². The Labute approximate surface area is 194 Å². The summed E-state index contributed by atoms with van der Waals surface area (Å²) in [7, 11) is -3.60. The van der Waals surface area contributed by atoms with Gasteiger partial charge in [-0.3, -0.25) is 14.4 Å². The maximum absolute atomic E-state index is 12.6. The number of nitrogens with zero attached hydrogens (tertiary/aromatic N) is 3. The minimum atomic E-state index is -3.60. The lowest BCUT2D eigenvalue weighted by atomic mass is 10.1. The molecule has 0 radical (unpaired) electrons. The van der Waals surface area contributed by atoms with Gasteiger partial charge in [0.15, 0.2) is 6.61 Å². The first kappa shape index (κ1) is 25.1. The highest BCUT2D eigenvalue weighted by atomic mass is 32.2. The van der Waals surface area contributed by atoms with Crippen LogP contribution in [0.15, 0.2) is 29.2 Å². The van der Waals surface area contributed by atoms with Crippen molar-refractivity contribution in [1.29, 1.82) is 0 Å². The van der Waals surface area contributed by atoms with Gasteiger partial charge < -0.3 is 19.3 Å². The Morgan fingerprint density at radius 2 is 1.82 bits per heavy atom. The second kappa shape index (κ2) is 10.6. The molecule has 2 unspecified atom stereocenters. The molecule has 2 saturated heterocycles. The summed E-state index contributed by atoms with van der Waals surface area (Å²) in [6.45, 7) is 7.24. The van der Waals surface area contributed by atoms with Gasteiger partial charge in [-0.25, -0.2) is 8.42 Å². The number of rotatable bonds is 8. The zero-order valence-electron chi connectivity index (χ0n) is 19.2. The summed E-state index contributed by atoms with van der Waals surface area (Å²) < 4.78 is 37.2. The van der Waals surface area contributed by atoms with Gasteiger partial charge in [-0.05, 0) is 31.2 Å². The second-order valence-corrected chi connectivity index (χ2v) is 10.1. The number of amides is 2. The molecule has 182 valence electrons. The van der Waals surface area contributed by atoms with Crippen molar-refractivity contribution in [3.63, 3.8) is 0 Å². The summed E-state index contributed by atoms with van der Waals surface area (Å²) in [4.78, 5) is 40.4. The van der Waals surface area contributed by atoms with Gasteiger partial charge in [0, 0.05) is 44.8 Å². The molecule has 2 aliphatic rings. The van der Waals surface area contributed by atoms with E-state index in [4.69, 9.17) is 9.47 Å². The lowest BCUT2D eigenvalue weighted by molar-refractivity contribution is -0.157. The zero-order chi connectivity index (χ0) is 24.2. The topological polar surface area (TPSA) is 114 Å². The van der Waals surface area contributed by atoms with E-state index in [9.17, 15) is 22.8 Å². The van der Waals surface area contributed by atoms with E-state index in [1.807, 2.05) is 6.92 Å². The van der Waals surface area contributed by atoms with Crippen molar-refractivity contribution in [3.8, 4) is 0 Å². The minimum Gasteiger partial charge on any atom is -0.455 e. The van der Waals surface area contributed by atoms with E-state index in [0.717, 1.165) is 0 Å². The summed E-state index contributed by atoms with van der Waals surface area (Å²) in [6, 6.07) is 6.05. The van der Waals surface area contributed by atoms with Crippen LogP contribution in [0.4, 0.5) is 5.69 Å². The van der Waals surface area contributed by atoms with Crippen molar-refractivity contribution in [2.45, 2.75) is 38.2 Å². The van der Waals surface area contributed by atoms with Crippen LogP contribution in [0.5, 0.6) is 0 Å². The standard InChI is InChI=1S/C22H31N3O7S/c1-4-24(5-2)33(29,30)19-8-6-18(7-9-19)25-14-17(12-20(25)26)22(28)32-15-21(27)23-10-11-31-16(3)13-23/h6-9,16-17H,4-5,10-15H2,1-3H3. The Bertz CT molecular complexity index is 976. The van der Waals surface area contributed by atoms with E-state index < -0.39 is 21.9 Å². The van der Waals surface area contributed by atoms with Crippen molar-refractivity contribution in [3.05, 3.63) is 24.3 Å². The van der Waals surface area contributed by atoms with Crippen LogP contribution in [0.1, 0.15) is 27.2 Å². The van der Waals surface area contributed by atoms with Crippen LogP contribution in [-0.4, -0.2) is 87.4 Å². The fraction of sp³-hybridized carbons (Fsp3) is 0.591. The molecule has 0 aromatic heterocycles. The average molecular weight is 482 g/mol. The predicted octanol–water partition coefficient (Wildman–Crippen LogP) is 0.861. The third-order valence-corrected chi connectivity index (χ3v) is 7.95. The predicted molar refractivity (Wildman–Crippen MR) is 120 cm³/mol. The molecule has 0 bridgehead atoms. The molecule has 33 heavy (non-hydrogen) atoms. The number of morpholine rings is 1. The number of benzene rings is 1. The Morgan fingerprint density at radius 1 is 1.15 bits per heavy atom. The highest BCUT2D eigenvalue weighted by Crippen LogP contribution is 2.27. The van der Waals surface area contributed by atoms with E-state index in [0.29, 0.717) is 38.5 Å². The summed E-state index contributed by atoms with van der Waals surface area (Å²) in [5.41, 5.74) is 0.507. The lowest BCUT2D eigenvalue weighted by Gasteiger charge is -2.31. The molecule has 0 spiro atoms. The molecular formula is C22H31N3O7S. The SMILES string of the molecule is CCN(CC)S(=O)(=O)c1ccc(N2CC(C(=O)OCC(=O)N3CCOC(C)C3)CC2=O)cc1. The van der Waals surface area contributed by atoms with Crippen LogP contribution in [0, 0.1) is 5.92 Å². The van der Waals surface area contributed by atoms with Crippen LogP contribution in [-0.2, 0) is 33.9 Å². The maximum atomic E-state index is 12.6. The monoisotopic (exact) mass is 481 g/mol.